The van der Waals surface area contributed by atoms with Crippen LogP contribution in [0.3, 0.4) is 0 Å². The van der Waals surface area contributed by atoms with Gasteiger partial charge in [-0.05, 0) is 52.6 Å². The molecule has 0 aromatic heterocycles. The number of amides is 1. The van der Waals surface area contributed by atoms with E-state index in [1.165, 1.54) is 6.42 Å². The predicted octanol–water partition coefficient (Wildman–Crippen LogP) is 1.65. The first kappa shape index (κ1) is 15.4. The molecule has 1 amide bonds. The highest BCUT2D eigenvalue weighted by Gasteiger charge is 2.21. The van der Waals surface area contributed by atoms with E-state index in [4.69, 9.17) is 4.74 Å². The Morgan fingerprint density at radius 2 is 2.17 bits per heavy atom. The summed E-state index contributed by atoms with van der Waals surface area (Å²) in [5.74, 6) is 0.948. The number of ether oxygens (including phenoxy) is 1. The second-order valence-corrected chi connectivity index (χ2v) is 5.58. The van der Waals surface area contributed by atoms with Crippen molar-refractivity contribution < 1.29 is 9.53 Å². The first-order valence-electron chi connectivity index (χ1n) is 7.07. The third-order valence-electron chi connectivity index (χ3n) is 3.73. The number of hydrogen-bond acceptors (Lipinski definition) is 3. The third kappa shape index (κ3) is 4.94. The fourth-order valence-corrected chi connectivity index (χ4v) is 2.38. The lowest BCUT2D eigenvalue weighted by Gasteiger charge is -2.29. The number of carbonyl (C=O) groups is 1. The molecule has 1 aliphatic rings. The molecule has 0 radical (unpaired) electrons. The van der Waals surface area contributed by atoms with Gasteiger partial charge in [-0.2, -0.15) is 0 Å². The molecule has 0 aromatic rings. The van der Waals surface area contributed by atoms with Crippen molar-refractivity contribution in [3.05, 3.63) is 0 Å². The normalized spacial score (nSPS) is 21.3. The average Bonchev–Trinajstić information content (AvgIpc) is 2.85. The van der Waals surface area contributed by atoms with Crippen LogP contribution in [0.5, 0.6) is 0 Å². The number of nitrogens with one attached hydrogen (secondary N) is 1. The van der Waals surface area contributed by atoms with E-state index in [0.717, 1.165) is 19.5 Å². The second kappa shape index (κ2) is 7.74. The highest BCUT2D eigenvalue weighted by Crippen LogP contribution is 2.16. The smallest absolute Gasteiger partial charge is 0.222 e. The van der Waals surface area contributed by atoms with Crippen LogP contribution in [0, 0.1) is 5.92 Å². The van der Waals surface area contributed by atoms with Crippen molar-refractivity contribution >= 4 is 5.91 Å². The fraction of sp³-hybridized carbons (Fsp3) is 0.929. The van der Waals surface area contributed by atoms with Gasteiger partial charge in [0.2, 0.25) is 5.91 Å². The Morgan fingerprint density at radius 3 is 2.67 bits per heavy atom. The van der Waals surface area contributed by atoms with Crippen molar-refractivity contribution in [2.24, 2.45) is 5.92 Å². The summed E-state index contributed by atoms with van der Waals surface area (Å²) in [4.78, 5) is 14.2. The van der Waals surface area contributed by atoms with Crippen molar-refractivity contribution in [3.63, 3.8) is 0 Å². The molecule has 2 unspecified atom stereocenters. The van der Waals surface area contributed by atoms with Gasteiger partial charge in [0.25, 0.3) is 0 Å². The molecule has 106 valence electrons. The van der Waals surface area contributed by atoms with Gasteiger partial charge in [0.1, 0.15) is 0 Å². The molecule has 0 saturated carbocycles. The van der Waals surface area contributed by atoms with Gasteiger partial charge >= 0.3 is 0 Å². The summed E-state index contributed by atoms with van der Waals surface area (Å²) in [5.41, 5.74) is 0. The van der Waals surface area contributed by atoms with E-state index in [9.17, 15) is 4.79 Å². The van der Waals surface area contributed by atoms with E-state index in [2.05, 4.69) is 19.2 Å². The molecule has 1 rings (SSSR count). The van der Waals surface area contributed by atoms with E-state index >= 15 is 0 Å². The van der Waals surface area contributed by atoms with Crippen molar-refractivity contribution in [3.8, 4) is 0 Å². The van der Waals surface area contributed by atoms with Gasteiger partial charge in [-0.3, -0.25) is 4.79 Å². The van der Waals surface area contributed by atoms with Crippen LogP contribution in [0.1, 0.15) is 40.0 Å². The van der Waals surface area contributed by atoms with Gasteiger partial charge in [0.05, 0.1) is 6.10 Å². The van der Waals surface area contributed by atoms with E-state index in [0.29, 0.717) is 18.9 Å². The van der Waals surface area contributed by atoms with Crippen molar-refractivity contribution in [2.45, 2.75) is 52.2 Å². The minimum absolute atomic E-state index is 0.101. The average molecular weight is 256 g/mol. The maximum Gasteiger partial charge on any atom is 0.222 e. The van der Waals surface area contributed by atoms with Crippen LogP contribution in [-0.4, -0.2) is 49.7 Å². The lowest BCUT2D eigenvalue weighted by Crippen LogP contribution is -2.41. The van der Waals surface area contributed by atoms with Crippen LogP contribution < -0.4 is 5.32 Å². The number of methoxy groups -OCH3 is 1. The summed E-state index contributed by atoms with van der Waals surface area (Å²) in [6.07, 6.45) is 2.99. The molecule has 1 aliphatic heterocycles. The van der Waals surface area contributed by atoms with Gasteiger partial charge in [-0.15, -0.1) is 0 Å². The SMILES string of the molecule is COC(C)CN(C(=O)CCC1CCNC1)C(C)C. The van der Waals surface area contributed by atoms with E-state index in [1.807, 2.05) is 11.8 Å². The third-order valence-corrected chi connectivity index (χ3v) is 3.73. The Labute approximate surface area is 111 Å². The molecule has 1 heterocycles. The minimum atomic E-state index is 0.101. The van der Waals surface area contributed by atoms with E-state index in [-0.39, 0.29) is 18.1 Å². The maximum atomic E-state index is 12.2. The Kier molecular flexibility index (Phi) is 6.65. The number of hydrogen-bond donors (Lipinski definition) is 1. The zero-order valence-corrected chi connectivity index (χ0v) is 12.2. The predicted molar refractivity (Wildman–Crippen MR) is 73.5 cm³/mol. The summed E-state index contributed by atoms with van der Waals surface area (Å²) >= 11 is 0. The molecule has 18 heavy (non-hydrogen) atoms. The van der Waals surface area contributed by atoms with Gasteiger partial charge in [-0.1, -0.05) is 0 Å². The van der Waals surface area contributed by atoms with Crippen LogP contribution in [0.15, 0.2) is 0 Å². The Hall–Kier alpha value is -0.610. The largest absolute Gasteiger partial charge is 0.380 e. The standard InChI is InChI=1S/C14H28N2O2/c1-11(2)16(10-12(3)18-4)14(17)6-5-13-7-8-15-9-13/h11-13,15H,5-10H2,1-4H3. The Morgan fingerprint density at radius 1 is 1.44 bits per heavy atom. The number of carbonyl (C=O) groups excluding carboxylic acids is 1. The van der Waals surface area contributed by atoms with E-state index in [1.54, 1.807) is 7.11 Å². The Bertz CT molecular complexity index is 250. The van der Waals surface area contributed by atoms with Crippen LogP contribution in [0.4, 0.5) is 0 Å². The monoisotopic (exact) mass is 256 g/mol. The van der Waals surface area contributed by atoms with E-state index < -0.39 is 0 Å². The van der Waals surface area contributed by atoms with Gasteiger partial charge in [0, 0.05) is 26.1 Å². The highest BCUT2D eigenvalue weighted by molar-refractivity contribution is 5.76. The first-order chi connectivity index (χ1) is 8.54. The lowest BCUT2D eigenvalue weighted by atomic mass is 10.0. The quantitative estimate of drug-likeness (QED) is 0.753. The molecular formula is C14H28N2O2. The summed E-state index contributed by atoms with van der Waals surface area (Å²) < 4.78 is 5.26. The van der Waals surface area contributed by atoms with Gasteiger partial charge in [0.15, 0.2) is 0 Å². The zero-order chi connectivity index (χ0) is 13.5. The minimum Gasteiger partial charge on any atom is -0.380 e. The topological polar surface area (TPSA) is 41.6 Å². The van der Waals surface area contributed by atoms with Crippen LogP contribution in [0.25, 0.3) is 0 Å². The molecular weight excluding hydrogens is 228 g/mol. The van der Waals surface area contributed by atoms with Crippen LogP contribution >= 0.6 is 0 Å². The molecule has 1 fully saturated rings. The lowest BCUT2D eigenvalue weighted by molar-refractivity contribution is -0.134. The van der Waals surface area contributed by atoms with Crippen LogP contribution in [0.2, 0.25) is 0 Å². The second-order valence-electron chi connectivity index (χ2n) is 5.58. The number of rotatable bonds is 7. The molecule has 4 heteroatoms. The maximum absolute atomic E-state index is 12.2. The van der Waals surface area contributed by atoms with Crippen LogP contribution in [-0.2, 0) is 9.53 Å². The summed E-state index contributed by atoms with van der Waals surface area (Å²) in [5, 5.41) is 3.34. The molecule has 1 N–H and O–H groups in total. The van der Waals surface area contributed by atoms with Gasteiger partial charge < -0.3 is 15.0 Å². The summed E-state index contributed by atoms with van der Waals surface area (Å²) in [6, 6.07) is 0.247. The molecule has 0 spiro atoms. The zero-order valence-electron chi connectivity index (χ0n) is 12.2. The van der Waals surface area contributed by atoms with Gasteiger partial charge in [-0.25, -0.2) is 0 Å². The Balaban J connectivity index is 2.38. The molecule has 0 bridgehead atoms. The summed E-state index contributed by atoms with van der Waals surface area (Å²) in [7, 11) is 1.69. The molecule has 0 aliphatic carbocycles. The highest BCUT2D eigenvalue weighted by atomic mass is 16.5. The van der Waals surface area contributed by atoms with Crippen molar-refractivity contribution in [1.29, 1.82) is 0 Å². The summed E-state index contributed by atoms with van der Waals surface area (Å²) in [6.45, 7) is 9.01. The van der Waals surface area contributed by atoms with Crippen molar-refractivity contribution in [2.75, 3.05) is 26.7 Å². The molecule has 0 aromatic carbocycles. The molecule has 2 atom stereocenters. The fourth-order valence-electron chi connectivity index (χ4n) is 2.38. The number of nitrogens with zero attached hydrogens (tertiary/aromatic N) is 1. The molecule has 4 nitrogen and oxygen atoms in total. The first-order valence-corrected chi connectivity index (χ1v) is 7.07. The molecule has 1 saturated heterocycles. The van der Waals surface area contributed by atoms with Crippen molar-refractivity contribution in [1.82, 2.24) is 10.2 Å².